The van der Waals surface area contributed by atoms with E-state index in [9.17, 15) is 9.59 Å². The SMILES string of the molecule is CCCOc1nsc(-c2ccc(C(=O)N3CCC3)[nH]2)c1C(N)=O. The molecule has 2 aromatic heterocycles. The minimum Gasteiger partial charge on any atom is -0.476 e. The number of primary amides is 1. The number of carbonyl (C=O) groups is 2. The second-order valence-corrected chi connectivity index (χ2v) is 6.11. The zero-order chi connectivity index (χ0) is 16.4. The van der Waals surface area contributed by atoms with Crippen molar-refractivity contribution in [2.24, 2.45) is 5.73 Å². The lowest BCUT2D eigenvalue weighted by molar-refractivity contribution is 0.0646. The number of ether oxygens (including phenoxy) is 1. The van der Waals surface area contributed by atoms with E-state index in [0.29, 0.717) is 22.9 Å². The number of hydrogen-bond acceptors (Lipinski definition) is 5. The molecule has 2 aromatic rings. The molecule has 23 heavy (non-hydrogen) atoms. The Morgan fingerprint density at radius 2 is 2.22 bits per heavy atom. The van der Waals surface area contributed by atoms with Crippen LogP contribution in [0.5, 0.6) is 5.88 Å². The predicted octanol–water partition coefficient (Wildman–Crippen LogP) is 1.87. The number of nitrogens with zero attached hydrogens (tertiary/aromatic N) is 2. The first-order chi connectivity index (χ1) is 11.1. The smallest absolute Gasteiger partial charge is 0.270 e. The Balaban J connectivity index is 1.89. The van der Waals surface area contributed by atoms with E-state index in [1.54, 1.807) is 17.0 Å². The molecule has 0 radical (unpaired) electrons. The fraction of sp³-hybridized carbons (Fsp3) is 0.400. The molecule has 8 heteroatoms. The van der Waals surface area contributed by atoms with Crippen LogP contribution in [0.2, 0.25) is 0 Å². The number of amides is 2. The van der Waals surface area contributed by atoms with E-state index in [-0.39, 0.29) is 17.4 Å². The Morgan fingerprint density at radius 1 is 1.43 bits per heavy atom. The van der Waals surface area contributed by atoms with E-state index in [4.69, 9.17) is 10.5 Å². The molecular formula is C15H18N4O3S. The molecule has 1 aliphatic heterocycles. The number of likely N-dealkylation sites (tertiary alicyclic amines) is 1. The molecule has 0 aliphatic carbocycles. The van der Waals surface area contributed by atoms with Gasteiger partial charge in [0.15, 0.2) is 0 Å². The van der Waals surface area contributed by atoms with E-state index in [1.807, 2.05) is 6.92 Å². The summed E-state index contributed by atoms with van der Waals surface area (Å²) in [6.45, 7) is 4.01. The highest BCUT2D eigenvalue weighted by Gasteiger charge is 2.25. The number of carbonyl (C=O) groups excluding carboxylic acids is 2. The normalized spacial score (nSPS) is 13.7. The molecule has 7 nitrogen and oxygen atoms in total. The molecule has 0 spiro atoms. The summed E-state index contributed by atoms with van der Waals surface area (Å²) in [6.07, 6.45) is 1.85. The van der Waals surface area contributed by atoms with Crippen LogP contribution in [0.3, 0.4) is 0 Å². The van der Waals surface area contributed by atoms with Crippen LogP contribution in [-0.2, 0) is 0 Å². The first-order valence-corrected chi connectivity index (χ1v) is 8.30. The number of rotatable bonds is 6. The average molecular weight is 334 g/mol. The van der Waals surface area contributed by atoms with Gasteiger partial charge in [0.05, 0.1) is 17.2 Å². The van der Waals surface area contributed by atoms with Crippen LogP contribution in [-0.4, -0.2) is 45.8 Å². The lowest BCUT2D eigenvalue weighted by Crippen LogP contribution is -2.42. The molecule has 3 N–H and O–H groups in total. The molecule has 1 saturated heterocycles. The van der Waals surface area contributed by atoms with Crippen molar-refractivity contribution in [2.45, 2.75) is 19.8 Å². The first-order valence-electron chi connectivity index (χ1n) is 7.52. The van der Waals surface area contributed by atoms with Crippen molar-refractivity contribution in [1.29, 1.82) is 0 Å². The minimum atomic E-state index is -0.593. The van der Waals surface area contributed by atoms with Gasteiger partial charge in [0, 0.05) is 13.1 Å². The van der Waals surface area contributed by atoms with Gasteiger partial charge in [0.1, 0.15) is 11.3 Å². The summed E-state index contributed by atoms with van der Waals surface area (Å²) in [5.74, 6) is -0.371. The molecule has 3 rings (SSSR count). The van der Waals surface area contributed by atoms with Crippen LogP contribution >= 0.6 is 11.5 Å². The maximum absolute atomic E-state index is 12.2. The van der Waals surface area contributed by atoms with E-state index < -0.39 is 5.91 Å². The molecule has 1 aliphatic rings. The van der Waals surface area contributed by atoms with Gasteiger partial charge in [-0.1, -0.05) is 6.92 Å². The van der Waals surface area contributed by atoms with Crippen molar-refractivity contribution in [3.8, 4) is 16.5 Å². The summed E-state index contributed by atoms with van der Waals surface area (Å²) in [6, 6.07) is 3.48. The zero-order valence-corrected chi connectivity index (χ0v) is 13.6. The van der Waals surface area contributed by atoms with Crippen molar-refractivity contribution < 1.29 is 14.3 Å². The molecule has 0 atom stereocenters. The summed E-state index contributed by atoms with van der Waals surface area (Å²) < 4.78 is 9.65. The Kier molecular flexibility index (Phi) is 4.33. The first kappa shape index (κ1) is 15.5. The van der Waals surface area contributed by atoms with Crippen molar-refractivity contribution in [1.82, 2.24) is 14.3 Å². The summed E-state index contributed by atoms with van der Waals surface area (Å²) in [4.78, 5) is 29.4. The fourth-order valence-corrected chi connectivity index (χ4v) is 3.13. The minimum absolute atomic E-state index is 0.0323. The predicted molar refractivity (Wildman–Crippen MR) is 86.7 cm³/mol. The van der Waals surface area contributed by atoms with Gasteiger partial charge >= 0.3 is 0 Å². The molecule has 122 valence electrons. The van der Waals surface area contributed by atoms with Crippen molar-refractivity contribution >= 4 is 23.3 Å². The standard InChI is InChI=1S/C15H18N4O3S/c1-2-8-22-14-11(13(16)20)12(23-18-14)9-4-5-10(17-9)15(21)19-6-3-7-19/h4-5,17H,2-3,6-8H2,1H3,(H2,16,20). The quantitative estimate of drug-likeness (QED) is 0.842. The van der Waals surface area contributed by atoms with Gasteiger partial charge in [0.2, 0.25) is 5.88 Å². The van der Waals surface area contributed by atoms with Crippen LogP contribution < -0.4 is 10.5 Å². The van der Waals surface area contributed by atoms with E-state index in [1.165, 1.54) is 0 Å². The van der Waals surface area contributed by atoms with Crippen LogP contribution in [0.25, 0.3) is 10.6 Å². The van der Waals surface area contributed by atoms with Gasteiger partial charge in [-0.25, -0.2) is 0 Å². The number of hydrogen-bond donors (Lipinski definition) is 2. The fourth-order valence-electron chi connectivity index (χ4n) is 2.32. The molecule has 0 unspecified atom stereocenters. The van der Waals surface area contributed by atoms with Crippen LogP contribution in [0.1, 0.15) is 40.6 Å². The highest BCUT2D eigenvalue weighted by atomic mass is 32.1. The Labute approximate surface area is 137 Å². The lowest BCUT2D eigenvalue weighted by atomic mass is 10.2. The summed E-state index contributed by atoms with van der Waals surface area (Å²) >= 11 is 1.13. The number of aromatic nitrogens is 2. The number of H-pyrrole nitrogens is 1. The largest absolute Gasteiger partial charge is 0.476 e. The Bertz CT molecular complexity index is 733. The molecule has 0 bridgehead atoms. The average Bonchev–Trinajstić information content (AvgIpc) is 3.09. The van der Waals surface area contributed by atoms with Gasteiger partial charge in [-0.3, -0.25) is 9.59 Å². The van der Waals surface area contributed by atoms with E-state index in [2.05, 4.69) is 9.36 Å². The summed E-state index contributed by atoms with van der Waals surface area (Å²) in [7, 11) is 0. The van der Waals surface area contributed by atoms with Gasteiger partial charge in [-0.15, -0.1) is 0 Å². The van der Waals surface area contributed by atoms with Gasteiger partial charge in [-0.05, 0) is 36.5 Å². The van der Waals surface area contributed by atoms with E-state index >= 15 is 0 Å². The van der Waals surface area contributed by atoms with Gasteiger partial charge in [0.25, 0.3) is 11.8 Å². The van der Waals surface area contributed by atoms with Crippen molar-refractivity contribution in [3.05, 3.63) is 23.4 Å². The maximum atomic E-state index is 12.2. The zero-order valence-electron chi connectivity index (χ0n) is 12.8. The third-order valence-electron chi connectivity index (χ3n) is 3.65. The molecule has 3 heterocycles. The van der Waals surface area contributed by atoms with Crippen LogP contribution in [0.4, 0.5) is 0 Å². The Morgan fingerprint density at radius 3 is 2.83 bits per heavy atom. The Hall–Kier alpha value is -2.35. The highest BCUT2D eigenvalue weighted by Crippen LogP contribution is 2.34. The highest BCUT2D eigenvalue weighted by molar-refractivity contribution is 7.10. The summed E-state index contributed by atoms with van der Waals surface area (Å²) in [5, 5.41) is 0. The second kappa shape index (κ2) is 6.41. The van der Waals surface area contributed by atoms with Gasteiger partial charge < -0.3 is 20.4 Å². The monoisotopic (exact) mass is 334 g/mol. The van der Waals surface area contributed by atoms with Gasteiger partial charge in [-0.2, -0.15) is 4.37 Å². The lowest BCUT2D eigenvalue weighted by Gasteiger charge is -2.30. The number of aromatic amines is 1. The van der Waals surface area contributed by atoms with Crippen molar-refractivity contribution in [3.63, 3.8) is 0 Å². The molecule has 0 aromatic carbocycles. The molecule has 0 saturated carbocycles. The van der Waals surface area contributed by atoms with E-state index in [0.717, 1.165) is 37.5 Å². The third kappa shape index (κ3) is 2.94. The third-order valence-corrected chi connectivity index (χ3v) is 4.52. The number of nitrogens with one attached hydrogen (secondary N) is 1. The van der Waals surface area contributed by atoms with Crippen molar-refractivity contribution in [2.75, 3.05) is 19.7 Å². The van der Waals surface area contributed by atoms with Crippen LogP contribution in [0, 0.1) is 0 Å². The molecule has 1 fully saturated rings. The molecule has 2 amide bonds. The number of nitrogens with two attached hydrogens (primary N) is 1. The molecular weight excluding hydrogens is 316 g/mol. The van der Waals surface area contributed by atoms with Crippen LogP contribution in [0.15, 0.2) is 12.1 Å². The topological polar surface area (TPSA) is 101 Å². The second-order valence-electron chi connectivity index (χ2n) is 5.34. The maximum Gasteiger partial charge on any atom is 0.270 e. The summed E-state index contributed by atoms with van der Waals surface area (Å²) in [5.41, 5.74) is 6.88.